The molecule has 0 atom stereocenters. The number of hydrogen-bond acceptors (Lipinski definition) is 4. The minimum atomic E-state index is -4.39. The molecule has 116 valence electrons. The number of methoxy groups -OCH3 is 1. The molecule has 0 spiro atoms. The molecule has 0 fully saturated rings. The lowest BCUT2D eigenvalue weighted by molar-refractivity contribution is -0.137. The molecule has 3 heterocycles. The molecular weight excluding hydrogens is 295 g/mol. The van der Waals surface area contributed by atoms with Crippen molar-refractivity contribution in [2.24, 2.45) is 0 Å². The fraction of sp³-hybridized carbons (Fsp3) is 0.333. The lowest BCUT2D eigenvalue weighted by atomic mass is 10.2. The predicted molar refractivity (Wildman–Crippen MR) is 75.5 cm³/mol. The van der Waals surface area contributed by atoms with Gasteiger partial charge in [0.1, 0.15) is 5.82 Å². The summed E-state index contributed by atoms with van der Waals surface area (Å²) in [5, 5.41) is 0. The van der Waals surface area contributed by atoms with E-state index in [1.54, 1.807) is 24.1 Å². The number of halogens is 3. The van der Waals surface area contributed by atoms with E-state index in [2.05, 4.69) is 9.97 Å². The molecule has 0 aliphatic carbocycles. The van der Waals surface area contributed by atoms with Gasteiger partial charge in [0.25, 0.3) is 0 Å². The maximum absolute atomic E-state index is 13.0. The molecule has 3 rings (SSSR count). The number of ether oxygens (including phenoxy) is 1. The number of alkyl halides is 3. The number of nitrogens with zero attached hydrogens (tertiary/aromatic N) is 3. The summed E-state index contributed by atoms with van der Waals surface area (Å²) in [6.07, 6.45) is -1.99. The van der Waals surface area contributed by atoms with Gasteiger partial charge in [-0.15, -0.1) is 0 Å². The van der Waals surface area contributed by atoms with Crippen LogP contribution < -0.4 is 9.64 Å². The van der Waals surface area contributed by atoms with E-state index in [9.17, 15) is 13.2 Å². The summed E-state index contributed by atoms with van der Waals surface area (Å²) < 4.78 is 44.0. The van der Waals surface area contributed by atoms with Crippen LogP contribution in [-0.2, 0) is 12.6 Å². The zero-order valence-corrected chi connectivity index (χ0v) is 12.1. The van der Waals surface area contributed by atoms with E-state index in [0.717, 1.165) is 23.4 Å². The third kappa shape index (κ3) is 2.58. The van der Waals surface area contributed by atoms with Gasteiger partial charge in [0, 0.05) is 24.5 Å². The Labute approximate surface area is 125 Å². The van der Waals surface area contributed by atoms with Crippen molar-refractivity contribution >= 4 is 11.5 Å². The molecule has 7 heteroatoms. The van der Waals surface area contributed by atoms with Crippen LogP contribution in [0.3, 0.4) is 0 Å². The van der Waals surface area contributed by atoms with Crippen LogP contribution in [0.2, 0.25) is 0 Å². The first-order valence-corrected chi connectivity index (χ1v) is 6.75. The molecule has 0 unspecified atom stereocenters. The van der Waals surface area contributed by atoms with E-state index in [-0.39, 0.29) is 0 Å². The quantitative estimate of drug-likeness (QED) is 0.851. The number of aromatic nitrogens is 2. The van der Waals surface area contributed by atoms with Crippen molar-refractivity contribution in [1.82, 2.24) is 9.97 Å². The molecule has 1 aliphatic rings. The van der Waals surface area contributed by atoms with Gasteiger partial charge in [-0.25, -0.2) is 9.97 Å². The molecule has 4 nitrogen and oxygen atoms in total. The predicted octanol–water partition coefficient (Wildman–Crippen LogP) is 3.51. The van der Waals surface area contributed by atoms with Crippen LogP contribution in [0.1, 0.15) is 16.8 Å². The Kier molecular flexibility index (Phi) is 3.42. The van der Waals surface area contributed by atoms with Crippen molar-refractivity contribution in [3.63, 3.8) is 0 Å². The Balaban J connectivity index is 2.06. The summed E-state index contributed by atoms with van der Waals surface area (Å²) in [6, 6.07) is 3.85. The molecule has 0 N–H and O–H groups in total. The number of aryl methyl sites for hydroxylation is 1. The summed E-state index contributed by atoms with van der Waals surface area (Å²) in [7, 11) is 1.50. The molecular formula is C15H14F3N3O. The standard InChI is InChI=1S/C15H14F3N3O/c1-9-5-11(15(16,17)18)6-13(20-9)21-4-3-10-8-19-14(22-2)7-12(10)21/h5-8H,3-4H2,1-2H3. The first-order valence-electron chi connectivity index (χ1n) is 6.75. The Morgan fingerprint density at radius 2 is 2.00 bits per heavy atom. The van der Waals surface area contributed by atoms with E-state index in [0.29, 0.717) is 30.4 Å². The van der Waals surface area contributed by atoms with Crippen LogP contribution in [0.15, 0.2) is 24.4 Å². The fourth-order valence-corrected chi connectivity index (χ4v) is 2.55. The molecule has 0 saturated heterocycles. The van der Waals surface area contributed by atoms with E-state index in [4.69, 9.17) is 4.74 Å². The summed E-state index contributed by atoms with van der Waals surface area (Å²) in [6.45, 7) is 2.13. The summed E-state index contributed by atoms with van der Waals surface area (Å²) in [5.74, 6) is 0.716. The summed E-state index contributed by atoms with van der Waals surface area (Å²) in [5.41, 5.74) is 1.40. The maximum atomic E-state index is 13.0. The van der Waals surface area contributed by atoms with Crippen LogP contribution in [0.4, 0.5) is 24.7 Å². The molecule has 22 heavy (non-hydrogen) atoms. The molecule has 0 saturated carbocycles. The molecule has 0 amide bonds. The third-order valence-corrected chi connectivity index (χ3v) is 3.59. The first kappa shape index (κ1) is 14.6. The Morgan fingerprint density at radius 3 is 2.68 bits per heavy atom. The van der Waals surface area contributed by atoms with Crippen molar-refractivity contribution in [3.8, 4) is 5.88 Å². The molecule has 0 bridgehead atoms. The normalized spacial score (nSPS) is 14.1. The zero-order chi connectivity index (χ0) is 15.9. The van der Waals surface area contributed by atoms with Crippen molar-refractivity contribution in [2.45, 2.75) is 19.5 Å². The lowest BCUT2D eigenvalue weighted by Gasteiger charge is -2.20. The van der Waals surface area contributed by atoms with Gasteiger partial charge in [-0.05, 0) is 31.0 Å². The Morgan fingerprint density at radius 1 is 1.23 bits per heavy atom. The second kappa shape index (κ2) is 5.15. The largest absolute Gasteiger partial charge is 0.481 e. The number of rotatable bonds is 2. The third-order valence-electron chi connectivity index (χ3n) is 3.59. The minimum absolute atomic E-state index is 0.291. The van der Waals surface area contributed by atoms with E-state index >= 15 is 0 Å². The molecule has 0 aromatic carbocycles. The first-order chi connectivity index (χ1) is 10.4. The monoisotopic (exact) mass is 309 g/mol. The van der Waals surface area contributed by atoms with Gasteiger partial charge in [-0.3, -0.25) is 0 Å². The van der Waals surface area contributed by atoms with Crippen LogP contribution in [-0.4, -0.2) is 23.6 Å². The topological polar surface area (TPSA) is 38.2 Å². The van der Waals surface area contributed by atoms with Crippen LogP contribution in [0, 0.1) is 6.92 Å². The van der Waals surface area contributed by atoms with Gasteiger partial charge in [-0.2, -0.15) is 13.2 Å². The van der Waals surface area contributed by atoms with Gasteiger partial charge < -0.3 is 9.64 Å². The van der Waals surface area contributed by atoms with Gasteiger partial charge in [0.05, 0.1) is 18.4 Å². The number of fused-ring (bicyclic) bond motifs is 1. The van der Waals surface area contributed by atoms with E-state index in [1.165, 1.54) is 7.11 Å². The van der Waals surface area contributed by atoms with Crippen LogP contribution >= 0.6 is 0 Å². The zero-order valence-electron chi connectivity index (χ0n) is 12.1. The summed E-state index contributed by atoms with van der Waals surface area (Å²) >= 11 is 0. The van der Waals surface area contributed by atoms with Crippen molar-refractivity contribution in [3.05, 3.63) is 41.2 Å². The number of hydrogen-bond donors (Lipinski definition) is 0. The number of anilines is 2. The highest BCUT2D eigenvalue weighted by atomic mass is 19.4. The summed E-state index contributed by atoms with van der Waals surface area (Å²) in [4.78, 5) is 10.1. The Bertz CT molecular complexity index is 716. The van der Waals surface area contributed by atoms with Crippen LogP contribution in [0.5, 0.6) is 5.88 Å². The molecule has 1 aliphatic heterocycles. The second-order valence-electron chi connectivity index (χ2n) is 5.11. The van der Waals surface area contributed by atoms with Crippen molar-refractivity contribution < 1.29 is 17.9 Å². The molecule has 2 aromatic rings. The van der Waals surface area contributed by atoms with Gasteiger partial charge >= 0.3 is 6.18 Å². The van der Waals surface area contributed by atoms with E-state index < -0.39 is 11.7 Å². The highest BCUT2D eigenvalue weighted by molar-refractivity contribution is 5.68. The molecule has 2 aromatic heterocycles. The van der Waals surface area contributed by atoms with E-state index in [1.807, 2.05) is 0 Å². The molecule has 0 radical (unpaired) electrons. The average Bonchev–Trinajstić information content (AvgIpc) is 2.88. The van der Waals surface area contributed by atoms with Gasteiger partial charge in [0.2, 0.25) is 5.88 Å². The smallest absolute Gasteiger partial charge is 0.416 e. The van der Waals surface area contributed by atoms with Crippen molar-refractivity contribution in [2.75, 3.05) is 18.6 Å². The maximum Gasteiger partial charge on any atom is 0.416 e. The number of pyridine rings is 2. The van der Waals surface area contributed by atoms with Crippen LogP contribution in [0.25, 0.3) is 0 Å². The lowest BCUT2D eigenvalue weighted by Crippen LogP contribution is -2.17. The minimum Gasteiger partial charge on any atom is -0.481 e. The average molecular weight is 309 g/mol. The SMILES string of the molecule is COc1cc2c(cn1)CCN2c1cc(C(F)(F)F)cc(C)n1. The second-order valence-corrected chi connectivity index (χ2v) is 5.11. The fourth-order valence-electron chi connectivity index (χ4n) is 2.55. The van der Waals surface area contributed by atoms with Gasteiger partial charge in [0.15, 0.2) is 0 Å². The van der Waals surface area contributed by atoms with Crippen molar-refractivity contribution in [1.29, 1.82) is 0 Å². The van der Waals surface area contributed by atoms with Gasteiger partial charge in [-0.1, -0.05) is 0 Å². The highest BCUT2D eigenvalue weighted by Crippen LogP contribution is 2.38. The highest BCUT2D eigenvalue weighted by Gasteiger charge is 2.32. The Hall–Kier alpha value is -2.31.